The zero-order chi connectivity index (χ0) is 13.6. The number of alkyl halides is 1. The highest BCUT2D eigenvalue weighted by Gasteiger charge is 2.31. The van der Waals surface area contributed by atoms with E-state index in [2.05, 4.69) is 22.0 Å². The topological polar surface area (TPSA) is 27.7 Å². The average Bonchev–Trinajstić information content (AvgIpc) is 2.48. The van der Waals surface area contributed by atoms with Gasteiger partial charge in [0.25, 0.3) is 0 Å². The first kappa shape index (κ1) is 14.8. The van der Waals surface area contributed by atoms with Crippen LogP contribution in [0.4, 0.5) is 0 Å². The molecule has 2 rings (SSSR count). The molecule has 0 radical (unpaired) electrons. The SMILES string of the molecule is COc1cccc(COCC2(CBr)CCOCC2)c1. The van der Waals surface area contributed by atoms with Crippen molar-refractivity contribution in [2.24, 2.45) is 5.41 Å². The first-order chi connectivity index (χ1) is 9.28. The van der Waals surface area contributed by atoms with Crippen LogP contribution in [0.2, 0.25) is 0 Å². The van der Waals surface area contributed by atoms with Crippen LogP contribution in [0.3, 0.4) is 0 Å². The molecule has 0 amide bonds. The standard InChI is InChI=1S/C15H21BrO3/c1-17-14-4-2-3-13(9-14)10-19-12-15(11-16)5-7-18-8-6-15/h2-4,9H,5-8,10-12H2,1H3. The van der Waals surface area contributed by atoms with E-state index in [9.17, 15) is 0 Å². The maximum atomic E-state index is 5.91. The Bertz CT molecular complexity index is 389. The van der Waals surface area contributed by atoms with E-state index in [0.29, 0.717) is 6.61 Å². The third kappa shape index (κ3) is 4.20. The quantitative estimate of drug-likeness (QED) is 0.749. The zero-order valence-electron chi connectivity index (χ0n) is 11.4. The van der Waals surface area contributed by atoms with Gasteiger partial charge in [0.2, 0.25) is 0 Å². The first-order valence-corrected chi connectivity index (χ1v) is 7.74. The second-order valence-corrected chi connectivity index (χ2v) is 5.65. The molecule has 19 heavy (non-hydrogen) atoms. The Morgan fingerprint density at radius 2 is 2.11 bits per heavy atom. The van der Waals surface area contributed by atoms with Crippen molar-refractivity contribution in [3.05, 3.63) is 29.8 Å². The van der Waals surface area contributed by atoms with Gasteiger partial charge in [-0.2, -0.15) is 0 Å². The minimum absolute atomic E-state index is 0.233. The molecule has 0 atom stereocenters. The summed E-state index contributed by atoms with van der Waals surface area (Å²) in [6.07, 6.45) is 2.13. The molecule has 0 unspecified atom stereocenters. The van der Waals surface area contributed by atoms with Crippen LogP contribution in [-0.2, 0) is 16.1 Å². The molecule has 1 aromatic rings. The Morgan fingerprint density at radius 1 is 1.32 bits per heavy atom. The van der Waals surface area contributed by atoms with Gasteiger partial charge in [0.1, 0.15) is 5.75 Å². The zero-order valence-corrected chi connectivity index (χ0v) is 12.9. The Kier molecular flexibility index (Phi) is 5.67. The number of rotatable bonds is 6. The van der Waals surface area contributed by atoms with Crippen LogP contribution >= 0.6 is 15.9 Å². The van der Waals surface area contributed by atoms with Gasteiger partial charge in [-0.3, -0.25) is 0 Å². The Hall–Kier alpha value is -0.580. The Labute approximate surface area is 123 Å². The molecular formula is C15H21BrO3. The molecule has 1 fully saturated rings. The van der Waals surface area contributed by atoms with E-state index in [1.54, 1.807) is 7.11 Å². The van der Waals surface area contributed by atoms with Crippen molar-refractivity contribution < 1.29 is 14.2 Å². The van der Waals surface area contributed by atoms with Crippen LogP contribution in [0.1, 0.15) is 18.4 Å². The first-order valence-electron chi connectivity index (χ1n) is 6.62. The third-order valence-corrected chi connectivity index (χ3v) is 4.84. The monoisotopic (exact) mass is 328 g/mol. The molecule has 0 spiro atoms. The van der Waals surface area contributed by atoms with Crippen molar-refractivity contribution in [2.45, 2.75) is 19.4 Å². The molecule has 1 aliphatic heterocycles. The van der Waals surface area contributed by atoms with Crippen molar-refractivity contribution in [2.75, 3.05) is 32.3 Å². The average molecular weight is 329 g/mol. The van der Waals surface area contributed by atoms with E-state index in [0.717, 1.165) is 49.3 Å². The van der Waals surface area contributed by atoms with Crippen LogP contribution in [0.25, 0.3) is 0 Å². The minimum atomic E-state index is 0.233. The van der Waals surface area contributed by atoms with Gasteiger partial charge < -0.3 is 14.2 Å². The molecule has 106 valence electrons. The van der Waals surface area contributed by atoms with Crippen LogP contribution in [0.5, 0.6) is 5.75 Å². The van der Waals surface area contributed by atoms with Gasteiger partial charge in [-0.15, -0.1) is 0 Å². The summed E-state index contributed by atoms with van der Waals surface area (Å²) >= 11 is 3.62. The smallest absolute Gasteiger partial charge is 0.119 e. The van der Waals surface area contributed by atoms with Crippen LogP contribution < -0.4 is 4.74 Å². The van der Waals surface area contributed by atoms with E-state index in [4.69, 9.17) is 14.2 Å². The molecule has 4 heteroatoms. The predicted octanol–water partition coefficient (Wildman–Crippen LogP) is 3.40. The van der Waals surface area contributed by atoms with Crippen LogP contribution in [0, 0.1) is 5.41 Å². The summed E-state index contributed by atoms with van der Waals surface area (Å²) in [6, 6.07) is 8.02. The van der Waals surface area contributed by atoms with Crippen molar-refractivity contribution in [1.29, 1.82) is 0 Å². The summed E-state index contributed by atoms with van der Waals surface area (Å²) in [4.78, 5) is 0. The van der Waals surface area contributed by atoms with Crippen molar-refractivity contribution >= 4 is 15.9 Å². The number of hydrogen-bond donors (Lipinski definition) is 0. The van der Waals surface area contributed by atoms with Gasteiger partial charge in [-0.25, -0.2) is 0 Å². The molecule has 0 saturated carbocycles. The fourth-order valence-corrected chi connectivity index (χ4v) is 2.99. The fraction of sp³-hybridized carbons (Fsp3) is 0.600. The van der Waals surface area contributed by atoms with Crippen molar-refractivity contribution in [3.63, 3.8) is 0 Å². The summed E-state index contributed by atoms with van der Waals surface area (Å²) < 4.78 is 16.6. The molecule has 1 aromatic carbocycles. The number of hydrogen-bond acceptors (Lipinski definition) is 3. The summed E-state index contributed by atoms with van der Waals surface area (Å²) in [5.41, 5.74) is 1.38. The van der Waals surface area contributed by atoms with Crippen molar-refractivity contribution in [1.82, 2.24) is 0 Å². The van der Waals surface area contributed by atoms with E-state index in [-0.39, 0.29) is 5.41 Å². The lowest BCUT2D eigenvalue weighted by Crippen LogP contribution is -2.35. The molecule has 1 saturated heterocycles. The summed E-state index contributed by atoms with van der Waals surface area (Å²) in [7, 11) is 1.68. The molecule has 0 bridgehead atoms. The molecule has 0 aromatic heterocycles. The highest BCUT2D eigenvalue weighted by Crippen LogP contribution is 2.33. The third-order valence-electron chi connectivity index (χ3n) is 3.65. The van der Waals surface area contributed by atoms with E-state index in [1.807, 2.05) is 18.2 Å². The number of methoxy groups -OCH3 is 1. The van der Waals surface area contributed by atoms with Gasteiger partial charge in [0.15, 0.2) is 0 Å². The maximum absolute atomic E-state index is 5.91. The lowest BCUT2D eigenvalue weighted by molar-refractivity contribution is -0.0311. The second kappa shape index (κ2) is 7.27. The molecular weight excluding hydrogens is 308 g/mol. The van der Waals surface area contributed by atoms with Gasteiger partial charge >= 0.3 is 0 Å². The Balaban J connectivity index is 1.84. The molecule has 3 nitrogen and oxygen atoms in total. The molecule has 0 N–H and O–H groups in total. The van der Waals surface area contributed by atoms with E-state index < -0.39 is 0 Å². The summed E-state index contributed by atoms with van der Waals surface area (Å²) in [6.45, 7) is 3.09. The largest absolute Gasteiger partial charge is 0.497 e. The van der Waals surface area contributed by atoms with Gasteiger partial charge in [0, 0.05) is 24.0 Å². The second-order valence-electron chi connectivity index (χ2n) is 5.09. The minimum Gasteiger partial charge on any atom is -0.497 e. The van der Waals surface area contributed by atoms with Crippen LogP contribution in [0.15, 0.2) is 24.3 Å². The maximum Gasteiger partial charge on any atom is 0.119 e. The number of halogens is 1. The number of benzene rings is 1. The number of ether oxygens (including phenoxy) is 3. The predicted molar refractivity (Wildman–Crippen MR) is 78.9 cm³/mol. The molecule has 1 aliphatic rings. The van der Waals surface area contributed by atoms with Crippen molar-refractivity contribution in [3.8, 4) is 5.75 Å². The lowest BCUT2D eigenvalue weighted by Gasteiger charge is -2.35. The highest BCUT2D eigenvalue weighted by atomic mass is 79.9. The fourth-order valence-electron chi connectivity index (χ4n) is 2.27. The summed E-state index contributed by atoms with van der Waals surface area (Å²) in [5.74, 6) is 0.877. The van der Waals surface area contributed by atoms with Gasteiger partial charge in [0.05, 0.1) is 20.3 Å². The van der Waals surface area contributed by atoms with Gasteiger partial charge in [-0.1, -0.05) is 28.1 Å². The highest BCUT2D eigenvalue weighted by molar-refractivity contribution is 9.09. The van der Waals surface area contributed by atoms with E-state index in [1.165, 1.54) is 0 Å². The molecule has 0 aliphatic carbocycles. The normalized spacial score (nSPS) is 18.2. The lowest BCUT2D eigenvalue weighted by atomic mass is 9.83. The van der Waals surface area contributed by atoms with E-state index >= 15 is 0 Å². The molecule has 1 heterocycles. The van der Waals surface area contributed by atoms with Crippen LogP contribution in [-0.4, -0.2) is 32.3 Å². The summed E-state index contributed by atoms with van der Waals surface area (Å²) in [5, 5.41) is 0.974. The Morgan fingerprint density at radius 3 is 2.79 bits per heavy atom. The van der Waals surface area contributed by atoms with Gasteiger partial charge in [-0.05, 0) is 30.5 Å².